The van der Waals surface area contributed by atoms with Gasteiger partial charge < -0.3 is 10.1 Å². The summed E-state index contributed by atoms with van der Waals surface area (Å²) < 4.78 is 6.36. The van der Waals surface area contributed by atoms with Crippen LogP contribution in [0.3, 0.4) is 0 Å². The van der Waals surface area contributed by atoms with Crippen molar-refractivity contribution in [2.45, 2.75) is 64.4 Å². The molecule has 1 spiro atoms. The summed E-state index contributed by atoms with van der Waals surface area (Å²) in [5.74, 6) is 4.12. The summed E-state index contributed by atoms with van der Waals surface area (Å²) in [7, 11) is 0. The third kappa shape index (κ3) is 1.84. The van der Waals surface area contributed by atoms with Crippen molar-refractivity contribution in [2.75, 3.05) is 6.61 Å². The summed E-state index contributed by atoms with van der Waals surface area (Å²) in [4.78, 5) is 0. The minimum Gasteiger partial charge on any atom is -0.366 e. The van der Waals surface area contributed by atoms with E-state index in [4.69, 9.17) is 10.1 Å². The molecule has 2 heteroatoms. The van der Waals surface area contributed by atoms with Gasteiger partial charge in [0.15, 0.2) is 0 Å². The third-order valence-electron chi connectivity index (χ3n) is 8.68. The van der Waals surface area contributed by atoms with E-state index in [1.807, 2.05) is 0 Å². The summed E-state index contributed by atoms with van der Waals surface area (Å²) in [5, 5.41) is 8.07. The number of hydrogen-bond donors (Lipinski definition) is 1. The zero-order valence-corrected chi connectivity index (χ0v) is 15.2. The number of ether oxygens (including phenoxy) is 1. The van der Waals surface area contributed by atoms with E-state index >= 15 is 0 Å². The van der Waals surface area contributed by atoms with Crippen LogP contribution in [-0.4, -0.2) is 17.9 Å². The maximum Gasteiger partial charge on any atom is 0.0923 e. The number of allylic oxidation sites excluding steroid dienone is 2. The van der Waals surface area contributed by atoms with Gasteiger partial charge in [0, 0.05) is 11.1 Å². The molecule has 2 nitrogen and oxygen atoms in total. The molecule has 24 heavy (non-hydrogen) atoms. The van der Waals surface area contributed by atoms with Crippen molar-refractivity contribution >= 4 is 5.71 Å². The molecule has 0 amide bonds. The second-order valence-electron chi connectivity index (χ2n) is 9.52. The van der Waals surface area contributed by atoms with E-state index in [2.05, 4.69) is 32.1 Å². The molecule has 0 aromatic heterocycles. The molecular weight excluding hydrogens is 294 g/mol. The molecule has 5 aliphatic rings. The highest BCUT2D eigenvalue weighted by atomic mass is 16.5. The van der Waals surface area contributed by atoms with Crippen LogP contribution in [0.4, 0.5) is 0 Å². The van der Waals surface area contributed by atoms with Gasteiger partial charge in [-0.25, -0.2) is 0 Å². The molecule has 0 bridgehead atoms. The average Bonchev–Trinajstić information content (AvgIpc) is 3.14. The van der Waals surface area contributed by atoms with E-state index in [-0.39, 0.29) is 5.60 Å². The molecule has 4 unspecified atom stereocenters. The topological polar surface area (TPSA) is 33.1 Å². The van der Waals surface area contributed by atoms with E-state index in [1.165, 1.54) is 38.5 Å². The van der Waals surface area contributed by atoms with Gasteiger partial charge in [0.1, 0.15) is 0 Å². The van der Waals surface area contributed by atoms with Crippen molar-refractivity contribution in [2.24, 2.45) is 35.0 Å². The zero-order chi connectivity index (χ0) is 16.5. The Hall–Kier alpha value is -0.890. The van der Waals surface area contributed by atoms with Crippen LogP contribution in [-0.2, 0) is 4.74 Å². The van der Waals surface area contributed by atoms with Crippen molar-refractivity contribution < 1.29 is 4.74 Å². The molecule has 0 aromatic rings. The van der Waals surface area contributed by atoms with Gasteiger partial charge in [0.2, 0.25) is 0 Å². The fourth-order valence-electron chi connectivity index (χ4n) is 7.65. The van der Waals surface area contributed by atoms with Crippen molar-refractivity contribution in [3.05, 3.63) is 23.8 Å². The van der Waals surface area contributed by atoms with Crippen LogP contribution >= 0.6 is 0 Å². The van der Waals surface area contributed by atoms with Crippen LogP contribution in [0.1, 0.15) is 58.8 Å². The molecule has 1 N–H and O–H groups in total. The maximum absolute atomic E-state index is 8.07. The largest absolute Gasteiger partial charge is 0.366 e. The standard InChI is InChI=1S/C22H31NO/c1-14-12-15-13-16(23)4-5-17(15)18-6-9-21(2)19(20(14)18)7-10-22(21)8-3-11-24-22/h3,8,13-14,17-20,23H,4-7,9-12H2,1-2H3/t14?,17-,18?,19?,20?,21-,22-/m0/s1. The molecule has 0 radical (unpaired) electrons. The van der Waals surface area contributed by atoms with Crippen molar-refractivity contribution in [3.8, 4) is 0 Å². The van der Waals surface area contributed by atoms with Crippen LogP contribution in [0.15, 0.2) is 23.8 Å². The summed E-state index contributed by atoms with van der Waals surface area (Å²) in [6, 6.07) is 0. The van der Waals surface area contributed by atoms with Crippen molar-refractivity contribution in [1.29, 1.82) is 5.41 Å². The predicted molar refractivity (Wildman–Crippen MR) is 97.2 cm³/mol. The quantitative estimate of drug-likeness (QED) is 0.614. The Morgan fingerprint density at radius 2 is 2.08 bits per heavy atom. The smallest absolute Gasteiger partial charge is 0.0923 e. The van der Waals surface area contributed by atoms with Crippen LogP contribution in [0.25, 0.3) is 0 Å². The van der Waals surface area contributed by atoms with Gasteiger partial charge in [-0.05, 0) is 80.6 Å². The first-order valence-corrected chi connectivity index (χ1v) is 10.1. The molecule has 7 atom stereocenters. The zero-order valence-electron chi connectivity index (χ0n) is 15.2. The third-order valence-corrected chi connectivity index (χ3v) is 8.68. The van der Waals surface area contributed by atoms with Gasteiger partial charge in [-0.1, -0.05) is 31.6 Å². The van der Waals surface area contributed by atoms with E-state index < -0.39 is 0 Å². The lowest BCUT2D eigenvalue weighted by Crippen LogP contribution is -2.53. The monoisotopic (exact) mass is 325 g/mol. The van der Waals surface area contributed by atoms with Crippen LogP contribution in [0.2, 0.25) is 0 Å². The van der Waals surface area contributed by atoms with Crippen LogP contribution < -0.4 is 0 Å². The van der Waals surface area contributed by atoms with Gasteiger partial charge in [-0.3, -0.25) is 0 Å². The second-order valence-corrected chi connectivity index (χ2v) is 9.52. The Balaban J connectivity index is 1.51. The molecule has 1 heterocycles. The molecule has 1 aliphatic heterocycles. The van der Waals surface area contributed by atoms with Gasteiger partial charge in [-0.15, -0.1) is 0 Å². The highest BCUT2D eigenvalue weighted by Gasteiger charge is 2.64. The van der Waals surface area contributed by atoms with E-state index in [1.54, 1.807) is 5.57 Å². The van der Waals surface area contributed by atoms with Gasteiger partial charge in [-0.2, -0.15) is 0 Å². The number of fused-ring (bicyclic) bond motifs is 6. The summed E-state index contributed by atoms with van der Waals surface area (Å²) in [6.07, 6.45) is 15.7. The van der Waals surface area contributed by atoms with Crippen LogP contribution in [0.5, 0.6) is 0 Å². The fraction of sp³-hybridized carbons (Fsp3) is 0.773. The predicted octanol–water partition coefficient (Wildman–Crippen LogP) is 5.15. The first kappa shape index (κ1) is 15.4. The Morgan fingerprint density at radius 1 is 1.21 bits per heavy atom. The lowest BCUT2D eigenvalue weighted by Gasteiger charge is -2.57. The Labute approximate surface area is 146 Å². The molecule has 130 valence electrons. The molecular formula is C22H31NO. The molecule has 3 fully saturated rings. The Kier molecular flexibility index (Phi) is 3.24. The highest BCUT2D eigenvalue weighted by Crippen LogP contribution is 2.67. The SMILES string of the molecule is CC1CC2=CC(=N)CC[C@@H]2C2CC[C@@]3(C)C(CC[C@@]34C=CCO4)C12. The van der Waals surface area contributed by atoms with Crippen LogP contribution in [0, 0.1) is 40.4 Å². The molecule has 5 rings (SSSR count). The van der Waals surface area contributed by atoms with Gasteiger partial charge in [0.25, 0.3) is 0 Å². The van der Waals surface area contributed by atoms with Crippen molar-refractivity contribution in [3.63, 3.8) is 0 Å². The van der Waals surface area contributed by atoms with Gasteiger partial charge in [0.05, 0.1) is 12.2 Å². The minimum absolute atomic E-state index is 0.0488. The molecule has 0 aromatic carbocycles. The lowest BCUT2D eigenvalue weighted by atomic mass is 9.48. The first-order chi connectivity index (χ1) is 11.5. The Morgan fingerprint density at radius 3 is 2.88 bits per heavy atom. The normalized spacial score (nSPS) is 52.8. The summed E-state index contributed by atoms with van der Waals surface area (Å²) in [5.41, 5.74) is 2.88. The van der Waals surface area contributed by atoms with Crippen molar-refractivity contribution in [1.82, 2.24) is 0 Å². The first-order valence-electron chi connectivity index (χ1n) is 10.1. The molecule has 4 aliphatic carbocycles. The number of nitrogens with one attached hydrogen (secondary N) is 1. The lowest BCUT2D eigenvalue weighted by molar-refractivity contribution is -0.119. The summed E-state index contributed by atoms with van der Waals surface area (Å²) in [6.45, 7) is 5.86. The van der Waals surface area contributed by atoms with E-state index in [0.717, 1.165) is 48.3 Å². The van der Waals surface area contributed by atoms with E-state index in [9.17, 15) is 0 Å². The second kappa shape index (κ2) is 5.06. The number of rotatable bonds is 0. The summed E-state index contributed by atoms with van der Waals surface area (Å²) >= 11 is 0. The van der Waals surface area contributed by atoms with Gasteiger partial charge >= 0.3 is 0 Å². The fourth-order valence-corrected chi connectivity index (χ4v) is 7.65. The average molecular weight is 325 g/mol. The highest BCUT2D eigenvalue weighted by molar-refractivity contribution is 5.93. The van der Waals surface area contributed by atoms with E-state index in [0.29, 0.717) is 5.41 Å². The molecule has 0 saturated heterocycles. The Bertz CT molecular complexity index is 634. The maximum atomic E-state index is 8.07. The minimum atomic E-state index is 0.0488. The number of hydrogen-bond acceptors (Lipinski definition) is 2. The molecule has 3 saturated carbocycles.